The SMILES string of the molecule is C=C(/N=C/c1cc(I)ccc1OC1CCCCC1)O[Si](C)(C)C. The van der Waals surface area contributed by atoms with Crippen LogP contribution in [0.1, 0.15) is 37.7 Å². The van der Waals surface area contributed by atoms with E-state index in [-0.39, 0.29) is 0 Å². The number of hydrogen-bond donors (Lipinski definition) is 0. The molecule has 0 heterocycles. The first kappa shape index (κ1) is 18.5. The lowest BCUT2D eigenvalue weighted by molar-refractivity contribution is 0.155. The first-order chi connectivity index (χ1) is 10.8. The molecule has 0 N–H and O–H groups in total. The highest BCUT2D eigenvalue weighted by Gasteiger charge is 2.17. The van der Waals surface area contributed by atoms with Crippen molar-refractivity contribution in [3.63, 3.8) is 0 Å². The van der Waals surface area contributed by atoms with Crippen LogP contribution in [0.3, 0.4) is 0 Å². The van der Waals surface area contributed by atoms with Gasteiger partial charge in [0, 0.05) is 15.3 Å². The number of benzene rings is 1. The van der Waals surface area contributed by atoms with Gasteiger partial charge in [-0.1, -0.05) is 6.42 Å². The average Bonchev–Trinajstić information content (AvgIpc) is 2.47. The highest BCUT2D eigenvalue weighted by atomic mass is 127. The standard InChI is InChI=1S/C18H26INO2Si/c1-14(22-23(2,3)4)20-13-15-12-16(19)10-11-18(15)21-17-8-6-5-7-9-17/h10-13,17H,1,5-9H2,2-4H3/b20-13+. The molecule has 0 amide bonds. The molecule has 0 aromatic heterocycles. The molecule has 5 heteroatoms. The van der Waals surface area contributed by atoms with Gasteiger partial charge in [0.15, 0.2) is 5.88 Å². The molecule has 1 aliphatic carbocycles. The molecule has 3 nitrogen and oxygen atoms in total. The lowest BCUT2D eigenvalue weighted by atomic mass is 9.98. The summed E-state index contributed by atoms with van der Waals surface area (Å²) >= 11 is 2.31. The Morgan fingerprint density at radius 3 is 2.61 bits per heavy atom. The van der Waals surface area contributed by atoms with Crippen LogP contribution in [0.15, 0.2) is 35.7 Å². The second-order valence-electron chi connectivity index (χ2n) is 6.93. The van der Waals surface area contributed by atoms with Crippen LogP contribution in [-0.4, -0.2) is 20.6 Å². The first-order valence-corrected chi connectivity index (χ1v) is 12.7. The molecule has 1 saturated carbocycles. The van der Waals surface area contributed by atoms with Crippen molar-refractivity contribution in [3.8, 4) is 5.75 Å². The van der Waals surface area contributed by atoms with E-state index in [0.29, 0.717) is 12.0 Å². The highest BCUT2D eigenvalue weighted by Crippen LogP contribution is 2.26. The molecule has 1 aromatic carbocycles. The predicted octanol–water partition coefficient (Wildman–Crippen LogP) is 5.74. The second-order valence-corrected chi connectivity index (χ2v) is 12.6. The van der Waals surface area contributed by atoms with E-state index in [4.69, 9.17) is 9.16 Å². The van der Waals surface area contributed by atoms with Gasteiger partial charge >= 0.3 is 0 Å². The number of aliphatic imine (C=N–C) groups is 1. The molecule has 0 aliphatic heterocycles. The van der Waals surface area contributed by atoms with Crippen molar-refractivity contribution in [3.05, 3.63) is 39.8 Å². The molecule has 23 heavy (non-hydrogen) atoms. The summed E-state index contributed by atoms with van der Waals surface area (Å²) in [7, 11) is -1.66. The summed E-state index contributed by atoms with van der Waals surface area (Å²) in [5, 5.41) is 0. The number of halogens is 1. The molecule has 0 spiro atoms. The van der Waals surface area contributed by atoms with E-state index < -0.39 is 8.32 Å². The number of rotatable bonds is 6. The molecule has 1 aliphatic rings. The lowest BCUT2D eigenvalue weighted by Crippen LogP contribution is -2.24. The summed E-state index contributed by atoms with van der Waals surface area (Å²) in [6, 6.07) is 6.20. The van der Waals surface area contributed by atoms with Crippen LogP contribution in [0.25, 0.3) is 0 Å². The van der Waals surface area contributed by atoms with Gasteiger partial charge in [-0.2, -0.15) is 0 Å². The summed E-state index contributed by atoms with van der Waals surface area (Å²) in [5.41, 5.74) is 0.989. The van der Waals surface area contributed by atoms with Crippen LogP contribution in [0.4, 0.5) is 0 Å². The van der Waals surface area contributed by atoms with Crippen molar-refractivity contribution in [2.24, 2.45) is 4.99 Å². The molecular weight excluding hydrogens is 417 g/mol. The van der Waals surface area contributed by atoms with Gasteiger partial charge in [-0.05, 0) is 92.7 Å². The Balaban J connectivity index is 2.10. The number of ether oxygens (including phenoxy) is 1. The van der Waals surface area contributed by atoms with Crippen LogP contribution in [0.2, 0.25) is 19.6 Å². The predicted molar refractivity (Wildman–Crippen MR) is 108 cm³/mol. The molecule has 1 fully saturated rings. The van der Waals surface area contributed by atoms with Crippen molar-refractivity contribution in [1.29, 1.82) is 0 Å². The minimum absolute atomic E-state index is 0.331. The monoisotopic (exact) mass is 443 g/mol. The molecule has 0 unspecified atom stereocenters. The zero-order valence-electron chi connectivity index (χ0n) is 14.3. The molecule has 0 atom stereocenters. The van der Waals surface area contributed by atoms with E-state index in [1.807, 2.05) is 12.3 Å². The molecule has 126 valence electrons. The summed E-state index contributed by atoms with van der Waals surface area (Å²) < 4.78 is 13.2. The number of nitrogens with zero attached hydrogens (tertiary/aromatic N) is 1. The third-order valence-corrected chi connectivity index (χ3v) is 5.11. The molecule has 0 radical (unpaired) electrons. The Labute approximate surface area is 154 Å². The fourth-order valence-corrected chi connectivity index (χ4v) is 3.89. The van der Waals surface area contributed by atoms with Gasteiger partial charge < -0.3 is 9.16 Å². The maximum Gasteiger partial charge on any atom is 0.244 e. The van der Waals surface area contributed by atoms with E-state index in [0.717, 1.165) is 27.7 Å². The van der Waals surface area contributed by atoms with Crippen LogP contribution in [-0.2, 0) is 4.43 Å². The summed E-state index contributed by atoms with van der Waals surface area (Å²) in [6.07, 6.45) is 8.29. The molecule has 1 aromatic rings. The second kappa shape index (κ2) is 8.33. The van der Waals surface area contributed by atoms with E-state index in [2.05, 4.69) is 65.9 Å². The molecule has 0 bridgehead atoms. The zero-order valence-corrected chi connectivity index (χ0v) is 17.4. The van der Waals surface area contributed by atoms with Gasteiger partial charge in [-0.15, -0.1) is 0 Å². The van der Waals surface area contributed by atoms with Crippen molar-refractivity contribution >= 4 is 37.1 Å². The van der Waals surface area contributed by atoms with Gasteiger partial charge in [0.2, 0.25) is 8.32 Å². The number of hydrogen-bond acceptors (Lipinski definition) is 3. The van der Waals surface area contributed by atoms with Crippen molar-refractivity contribution in [1.82, 2.24) is 0 Å². The zero-order chi connectivity index (χ0) is 16.9. The van der Waals surface area contributed by atoms with Crippen molar-refractivity contribution in [2.75, 3.05) is 0 Å². The maximum atomic E-state index is 6.22. The average molecular weight is 443 g/mol. The van der Waals surface area contributed by atoms with Crippen molar-refractivity contribution in [2.45, 2.75) is 57.8 Å². The van der Waals surface area contributed by atoms with Gasteiger partial charge in [-0.3, -0.25) is 0 Å². The largest absolute Gasteiger partial charge is 0.532 e. The van der Waals surface area contributed by atoms with Crippen LogP contribution in [0, 0.1) is 3.57 Å². The normalized spacial score (nSPS) is 16.5. The van der Waals surface area contributed by atoms with Gasteiger partial charge in [-0.25, -0.2) is 4.99 Å². The minimum Gasteiger partial charge on any atom is -0.532 e. The third-order valence-electron chi connectivity index (χ3n) is 3.59. The Kier molecular flexibility index (Phi) is 6.70. The quantitative estimate of drug-likeness (QED) is 0.243. The molecule has 2 rings (SSSR count). The van der Waals surface area contributed by atoms with Crippen molar-refractivity contribution < 1.29 is 9.16 Å². The van der Waals surface area contributed by atoms with E-state index in [9.17, 15) is 0 Å². The topological polar surface area (TPSA) is 30.8 Å². The third kappa shape index (κ3) is 6.67. The smallest absolute Gasteiger partial charge is 0.244 e. The fourth-order valence-electron chi connectivity index (χ4n) is 2.61. The van der Waals surface area contributed by atoms with Gasteiger partial charge in [0.05, 0.1) is 6.10 Å². The highest BCUT2D eigenvalue weighted by molar-refractivity contribution is 14.1. The minimum atomic E-state index is -1.66. The van der Waals surface area contributed by atoms with Gasteiger partial charge in [0.25, 0.3) is 0 Å². The Bertz CT molecular complexity index is 575. The summed E-state index contributed by atoms with van der Waals surface area (Å²) in [4.78, 5) is 4.38. The van der Waals surface area contributed by atoms with Crippen LogP contribution >= 0.6 is 22.6 Å². The Morgan fingerprint density at radius 1 is 1.26 bits per heavy atom. The van der Waals surface area contributed by atoms with Crippen LogP contribution in [0.5, 0.6) is 5.75 Å². The summed E-state index contributed by atoms with van der Waals surface area (Å²) in [5.74, 6) is 1.38. The Morgan fingerprint density at radius 2 is 1.96 bits per heavy atom. The molecule has 0 saturated heterocycles. The van der Waals surface area contributed by atoms with E-state index >= 15 is 0 Å². The first-order valence-electron chi connectivity index (χ1n) is 8.22. The lowest BCUT2D eigenvalue weighted by Gasteiger charge is -2.24. The Hall–Kier alpha value is -0.823. The van der Waals surface area contributed by atoms with E-state index in [1.165, 1.54) is 19.3 Å². The molecular formula is C18H26INO2Si. The van der Waals surface area contributed by atoms with E-state index in [1.54, 1.807) is 0 Å². The van der Waals surface area contributed by atoms with Crippen LogP contribution < -0.4 is 4.74 Å². The fraction of sp³-hybridized carbons (Fsp3) is 0.500. The van der Waals surface area contributed by atoms with Gasteiger partial charge in [0.1, 0.15) is 5.75 Å². The summed E-state index contributed by atoms with van der Waals surface area (Å²) in [6.45, 7) is 10.3. The maximum absolute atomic E-state index is 6.22.